The lowest BCUT2D eigenvalue weighted by molar-refractivity contribution is 0.179. The van der Waals surface area contributed by atoms with Crippen molar-refractivity contribution in [3.63, 3.8) is 0 Å². The third-order valence-corrected chi connectivity index (χ3v) is 5.06. The van der Waals surface area contributed by atoms with Crippen molar-refractivity contribution in [1.82, 2.24) is 4.31 Å². The predicted molar refractivity (Wildman–Crippen MR) is 66.8 cm³/mol. The van der Waals surface area contributed by atoms with E-state index in [2.05, 4.69) is 0 Å². The first kappa shape index (κ1) is 13.8. The average molecular weight is 266 g/mol. The number of hydrogen-bond acceptors (Lipinski definition) is 4. The van der Waals surface area contributed by atoms with Crippen molar-refractivity contribution in [1.29, 1.82) is 0 Å². The molecular formula is C9H18N2O3S2. The van der Waals surface area contributed by atoms with Gasteiger partial charge < -0.3 is 10.5 Å². The van der Waals surface area contributed by atoms with Crippen LogP contribution in [0.4, 0.5) is 0 Å². The summed E-state index contributed by atoms with van der Waals surface area (Å²) in [5.41, 5.74) is 5.38. The SMILES string of the molecule is COCCN(CCC(N)=S)S(=O)(=O)C1CC1. The number of methoxy groups -OCH3 is 1. The van der Waals surface area contributed by atoms with E-state index in [9.17, 15) is 8.42 Å². The highest BCUT2D eigenvalue weighted by Crippen LogP contribution is 2.30. The van der Waals surface area contributed by atoms with Crippen LogP contribution in [0.3, 0.4) is 0 Å². The van der Waals surface area contributed by atoms with E-state index in [1.165, 1.54) is 4.31 Å². The summed E-state index contributed by atoms with van der Waals surface area (Å²) in [6, 6.07) is 0. The Kier molecular flexibility index (Phi) is 5.10. The van der Waals surface area contributed by atoms with E-state index < -0.39 is 10.0 Å². The number of sulfonamides is 1. The number of hydrogen-bond donors (Lipinski definition) is 1. The molecule has 0 aromatic carbocycles. The second-order valence-corrected chi connectivity index (χ2v) is 6.59. The van der Waals surface area contributed by atoms with Crippen molar-refractivity contribution < 1.29 is 13.2 Å². The van der Waals surface area contributed by atoms with E-state index in [1.807, 2.05) is 0 Å². The molecule has 0 spiro atoms. The average Bonchev–Trinajstić information content (AvgIpc) is 3.00. The molecule has 0 amide bonds. The van der Waals surface area contributed by atoms with Crippen molar-refractivity contribution in [3.8, 4) is 0 Å². The molecule has 0 heterocycles. The summed E-state index contributed by atoms with van der Waals surface area (Å²) in [6.45, 7) is 1.12. The molecule has 0 radical (unpaired) electrons. The number of thiocarbonyl (C=S) groups is 1. The Morgan fingerprint density at radius 3 is 2.56 bits per heavy atom. The van der Waals surface area contributed by atoms with Gasteiger partial charge in [0.25, 0.3) is 0 Å². The molecule has 1 saturated carbocycles. The fourth-order valence-electron chi connectivity index (χ4n) is 1.37. The molecule has 2 N–H and O–H groups in total. The molecule has 0 unspecified atom stereocenters. The van der Waals surface area contributed by atoms with Gasteiger partial charge in [-0.05, 0) is 12.8 Å². The molecule has 0 atom stereocenters. The lowest BCUT2D eigenvalue weighted by Gasteiger charge is -2.21. The number of ether oxygens (including phenoxy) is 1. The van der Waals surface area contributed by atoms with Gasteiger partial charge in [-0.3, -0.25) is 0 Å². The van der Waals surface area contributed by atoms with Crippen LogP contribution >= 0.6 is 12.2 Å². The molecular weight excluding hydrogens is 248 g/mol. The summed E-state index contributed by atoms with van der Waals surface area (Å²) < 4.78 is 30.3. The van der Waals surface area contributed by atoms with Crippen molar-refractivity contribution >= 4 is 27.2 Å². The fourth-order valence-corrected chi connectivity index (χ4v) is 3.29. The van der Waals surface area contributed by atoms with Crippen LogP contribution in [0.5, 0.6) is 0 Å². The van der Waals surface area contributed by atoms with Gasteiger partial charge in [0.2, 0.25) is 10.0 Å². The molecule has 0 saturated heterocycles. The number of nitrogens with two attached hydrogens (primary N) is 1. The molecule has 7 heteroatoms. The second-order valence-electron chi connectivity index (χ2n) is 3.85. The summed E-state index contributed by atoms with van der Waals surface area (Å²) in [6.07, 6.45) is 1.95. The van der Waals surface area contributed by atoms with Gasteiger partial charge in [-0.25, -0.2) is 8.42 Å². The highest BCUT2D eigenvalue weighted by Gasteiger charge is 2.39. The molecule has 1 aliphatic carbocycles. The summed E-state index contributed by atoms with van der Waals surface area (Å²) in [5.74, 6) is 0. The molecule has 0 aliphatic heterocycles. The van der Waals surface area contributed by atoms with Crippen LogP contribution in [0.2, 0.25) is 0 Å². The maximum atomic E-state index is 12.0. The van der Waals surface area contributed by atoms with Crippen LogP contribution in [0.25, 0.3) is 0 Å². The van der Waals surface area contributed by atoms with Gasteiger partial charge >= 0.3 is 0 Å². The minimum absolute atomic E-state index is 0.198. The first-order valence-corrected chi connectivity index (χ1v) is 7.16. The maximum absolute atomic E-state index is 12.0. The van der Waals surface area contributed by atoms with Crippen molar-refractivity contribution in [2.24, 2.45) is 5.73 Å². The van der Waals surface area contributed by atoms with E-state index in [-0.39, 0.29) is 5.25 Å². The molecule has 16 heavy (non-hydrogen) atoms. The van der Waals surface area contributed by atoms with Gasteiger partial charge in [-0.1, -0.05) is 12.2 Å². The van der Waals surface area contributed by atoms with Crippen molar-refractivity contribution in [2.45, 2.75) is 24.5 Å². The van der Waals surface area contributed by atoms with Gasteiger partial charge in [0.05, 0.1) is 16.8 Å². The van der Waals surface area contributed by atoms with Crippen LogP contribution in [-0.4, -0.2) is 49.8 Å². The minimum atomic E-state index is -3.16. The predicted octanol–water partition coefficient (Wildman–Crippen LogP) is 0.103. The number of rotatable bonds is 8. The summed E-state index contributed by atoms with van der Waals surface area (Å²) in [5, 5.41) is -0.198. The van der Waals surface area contributed by atoms with E-state index in [1.54, 1.807) is 7.11 Å². The first-order valence-electron chi connectivity index (χ1n) is 5.24. The summed E-state index contributed by atoms with van der Waals surface area (Å²) in [7, 11) is -1.61. The van der Waals surface area contributed by atoms with Crippen molar-refractivity contribution in [3.05, 3.63) is 0 Å². The maximum Gasteiger partial charge on any atom is 0.217 e. The van der Waals surface area contributed by atoms with Crippen molar-refractivity contribution in [2.75, 3.05) is 26.8 Å². The Hall–Kier alpha value is -0.240. The smallest absolute Gasteiger partial charge is 0.217 e. The highest BCUT2D eigenvalue weighted by atomic mass is 32.2. The van der Waals surface area contributed by atoms with E-state index in [0.717, 1.165) is 12.8 Å². The lowest BCUT2D eigenvalue weighted by Crippen LogP contribution is -2.38. The van der Waals surface area contributed by atoms with Crippen LogP contribution in [-0.2, 0) is 14.8 Å². The molecule has 1 fully saturated rings. The van der Waals surface area contributed by atoms with Gasteiger partial charge in [0.1, 0.15) is 0 Å². The largest absolute Gasteiger partial charge is 0.393 e. The Labute approximate surface area is 102 Å². The normalized spacial score (nSPS) is 16.6. The molecule has 1 rings (SSSR count). The third kappa shape index (κ3) is 3.97. The van der Waals surface area contributed by atoms with E-state index in [0.29, 0.717) is 31.1 Å². The monoisotopic (exact) mass is 266 g/mol. The Balaban J connectivity index is 2.58. The zero-order valence-electron chi connectivity index (χ0n) is 9.39. The van der Waals surface area contributed by atoms with Crippen LogP contribution in [0.15, 0.2) is 0 Å². The second kappa shape index (κ2) is 5.90. The molecule has 5 nitrogen and oxygen atoms in total. The van der Waals surface area contributed by atoms with Gasteiger partial charge in [0.15, 0.2) is 0 Å². The molecule has 1 aliphatic rings. The topological polar surface area (TPSA) is 72.6 Å². The first-order chi connectivity index (χ1) is 7.48. The molecule has 94 valence electrons. The van der Waals surface area contributed by atoms with Crippen LogP contribution < -0.4 is 5.73 Å². The summed E-state index contributed by atoms with van der Waals surface area (Å²) >= 11 is 4.76. The molecule has 0 bridgehead atoms. The van der Waals surface area contributed by atoms with Gasteiger partial charge in [-0.15, -0.1) is 0 Å². The standard InChI is InChI=1S/C9H18N2O3S2/c1-14-7-6-11(5-4-9(10)15)16(12,13)8-2-3-8/h8H,2-7H2,1H3,(H2,10,15). The van der Waals surface area contributed by atoms with Gasteiger partial charge in [-0.2, -0.15) is 4.31 Å². The minimum Gasteiger partial charge on any atom is -0.393 e. The highest BCUT2D eigenvalue weighted by molar-refractivity contribution is 7.90. The third-order valence-electron chi connectivity index (χ3n) is 2.46. The Morgan fingerprint density at radius 1 is 1.50 bits per heavy atom. The zero-order valence-corrected chi connectivity index (χ0v) is 11.0. The van der Waals surface area contributed by atoms with Gasteiger partial charge in [0, 0.05) is 26.6 Å². The lowest BCUT2D eigenvalue weighted by atomic mass is 10.4. The Morgan fingerprint density at radius 2 is 2.12 bits per heavy atom. The van der Waals surface area contributed by atoms with E-state index in [4.69, 9.17) is 22.7 Å². The van der Waals surface area contributed by atoms with Crippen LogP contribution in [0, 0.1) is 0 Å². The molecule has 0 aromatic rings. The zero-order chi connectivity index (χ0) is 12.2. The summed E-state index contributed by atoms with van der Waals surface area (Å²) in [4.78, 5) is 0.341. The quantitative estimate of drug-likeness (QED) is 0.631. The van der Waals surface area contributed by atoms with E-state index >= 15 is 0 Å². The Bertz CT molecular complexity index is 339. The fraction of sp³-hybridized carbons (Fsp3) is 0.889. The van der Waals surface area contributed by atoms with Crippen LogP contribution in [0.1, 0.15) is 19.3 Å². The molecule has 0 aromatic heterocycles. The number of nitrogens with zero attached hydrogens (tertiary/aromatic N) is 1.